The Morgan fingerprint density at radius 3 is 2.53 bits per heavy atom. The van der Waals surface area contributed by atoms with Gasteiger partial charge in [-0.05, 0) is 31.2 Å². The predicted octanol–water partition coefficient (Wildman–Crippen LogP) is 0.962. The average molecular weight is 302 g/mol. The first kappa shape index (κ1) is 15.9. The molecule has 1 aromatic carbocycles. The molecular weight excluding hydrogens is 286 g/mol. The van der Waals surface area contributed by atoms with Gasteiger partial charge < -0.3 is 5.32 Å². The van der Waals surface area contributed by atoms with Gasteiger partial charge in [0.1, 0.15) is 0 Å². The van der Waals surface area contributed by atoms with Gasteiger partial charge in [0.25, 0.3) is 0 Å². The Bertz CT molecular complexity index is 566. The van der Waals surface area contributed by atoms with Gasteiger partial charge in [0.2, 0.25) is 10.0 Å². The van der Waals surface area contributed by atoms with Crippen molar-refractivity contribution in [1.29, 1.82) is 5.26 Å². The quantitative estimate of drug-likeness (QED) is 0.883. The lowest BCUT2D eigenvalue weighted by molar-refractivity contribution is 0.284. The molecule has 19 heavy (non-hydrogen) atoms. The van der Waals surface area contributed by atoms with Crippen LogP contribution in [0.5, 0.6) is 0 Å². The molecule has 0 unspecified atom stereocenters. The molecule has 1 fully saturated rings. The molecule has 1 aliphatic rings. The molecule has 0 aliphatic carbocycles. The molecule has 2 rings (SSSR count). The third-order valence-electron chi connectivity index (χ3n) is 3.03. The fraction of sp³-hybridized carbons (Fsp3) is 0.417. The molecule has 0 aromatic heterocycles. The lowest BCUT2D eigenvalue weighted by atomic mass is 10.2. The summed E-state index contributed by atoms with van der Waals surface area (Å²) >= 11 is 0. The summed E-state index contributed by atoms with van der Waals surface area (Å²) < 4.78 is 26.3. The summed E-state index contributed by atoms with van der Waals surface area (Å²) in [7, 11) is -3.45. The molecule has 0 radical (unpaired) electrons. The summed E-state index contributed by atoms with van der Waals surface area (Å²) in [5, 5.41) is 11.9. The number of nitrogens with one attached hydrogen (secondary N) is 1. The fourth-order valence-corrected chi connectivity index (χ4v) is 3.65. The van der Waals surface area contributed by atoms with E-state index >= 15 is 0 Å². The zero-order chi connectivity index (χ0) is 13.2. The molecule has 1 atom stereocenters. The lowest BCUT2D eigenvalue weighted by Gasteiger charge is -2.32. The summed E-state index contributed by atoms with van der Waals surface area (Å²) in [6.45, 7) is 3.69. The molecule has 1 saturated heterocycles. The van der Waals surface area contributed by atoms with Crippen molar-refractivity contribution in [2.75, 3.05) is 19.6 Å². The number of hydrogen-bond donors (Lipinski definition) is 1. The highest BCUT2D eigenvalue weighted by Gasteiger charge is 2.30. The van der Waals surface area contributed by atoms with Crippen molar-refractivity contribution >= 4 is 22.4 Å². The van der Waals surface area contributed by atoms with Crippen LogP contribution >= 0.6 is 12.4 Å². The van der Waals surface area contributed by atoms with E-state index in [4.69, 9.17) is 5.26 Å². The summed E-state index contributed by atoms with van der Waals surface area (Å²) in [6, 6.07) is 7.95. The number of sulfonamides is 1. The number of benzene rings is 1. The largest absolute Gasteiger partial charge is 0.314 e. The van der Waals surface area contributed by atoms with Crippen LogP contribution in [-0.2, 0) is 10.0 Å². The van der Waals surface area contributed by atoms with E-state index in [2.05, 4.69) is 5.32 Å². The van der Waals surface area contributed by atoms with E-state index in [1.54, 1.807) is 0 Å². The smallest absolute Gasteiger partial charge is 0.243 e. The molecule has 1 heterocycles. The molecular formula is C12H16ClN3O2S. The number of rotatable bonds is 2. The Morgan fingerprint density at radius 2 is 2.00 bits per heavy atom. The SMILES string of the molecule is C[C@H]1CNCCN1S(=O)(=O)c1ccc(C#N)cc1.Cl. The van der Waals surface area contributed by atoms with Gasteiger partial charge in [-0.1, -0.05) is 0 Å². The maximum absolute atomic E-state index is 12.4. The third kappa shape index (κ3) is 3.25. The molecule has 0 amide bonds. The van der Waals surface area contributed by atoms with Crippen LogP contribution < -0.4 is 5.32 Å². The Kier molecular flexibility index (Phi) is 5.32. The molecule has 0 saturated carbocycles. The van der Waals surface area contributed by atoms with Crippen LogP contribution in [0.4, 0.5) is 0 Å². The minimum atomic E-state index is -3.45. The lowest BCUT2D eigenvalue weighted by Crippen LogP contribution is -2.52. The van der Waals surface area contributed by atoms with Crippen molar-refractivity contribution in [2.24, 2.45) is 0 Å². The zero-order valence-electron chi connectivity index (χ0n) is 10.5. The topological polar surface area (TPSA) is 73.2 Å². The summed E-state index contributed by atoms with van der Waals surface area (Å²) in [4.78, 5) is 0.246. The van der Waals surface area contributed by atoms with Crippen LogP contribution in [0.15, 0.2) is 29.2 Å². The van der Waals surface area contributed by atoms with E-state index < -0.39 is 10.0 Å². The summed E-state index contributed by atoms with van der Waals surface area (Å²) in [5.74, 6) is 0. The molecule has 7 heteroatoms. The van der Waals surface area contributed by atoms with Crippen LogP contribution in [0, 0.1) is 11.3 Å². The molecule has 1 aliphatic heterocycles. The van der Waals surface area contributed by atoms with Crippen LogP contribution in [-0.4, -0.2) is 38.4 Å². The Balaban J connectivity index is 0.00000180. The Hall–Kier alpha value is -1.13. The number of halogens is 1. The monoisotopic (exact) mass is 301 g/mol. The minimum Gasteiger partial charge on any atom is -0.314 e. The maximum atomic E-state index is 12.4. The van der Waals surface area contributed by atoms with Gasteiger partial charge in [-0.25, -0.2) is 8.42 Å². The van der Waals surface area contributed by atoms with Crippen molar-refractivity contribution in [3.8, 4) is 6.07 Å². The van der Waals surface area contributed by atoms with Crippen molar-refractivity contribution in [1.82, 2.24) is 9.62 Å². The van der Waals surface area contributed by atoms with Gasteiger partial charge >= 0.3 is 0 Å². The van der Waals surface area contributed by atoms with Gasteiger partial charge in [-0.15, -0.1) is 12.4 Å². The molecule has 104 valence electrons. The van der Waals surface area contributed by atoms with Crippen LogP contribution in [0.2, 0.25) is 0 Å². The van der Waals surface area contributed by atoms with Crippen molar-refractivity contribution < 1.29 is 8.42 Å². The van der Waals surface area contributed by atoms with Crippen LogP contribution in [0.25, 0.3) is 0 Å². The van der Waals surface area contributed by atoms with E-state index in [9.17, 15) is 8.42 Å². The Labute approximate surface area is 119 Å². The standard InChI is InChI=1S/C12H15N3O2S.ClH/c1-10-9-14-6-7-15(10)18(16,17)12-4-2-11(8-13)3-5-12;/h2-5,10,14H,6-7,9H2,1H3;1H/t10-;/m0./s1. The van der Waals surface area contributed by atoms with Gasteiger partial charge in [0.05, 0.1) is 16.5 Å². The third-order valence-corrected chi connectivity index (χ3v) is 5.06. The van der Waals surface area contributed by atoms with E-state index in [1.165, 1.54) is 28.6 Å². The van der Waals surface area contributed by atoms with E-state index in [1.807, 2.05) is 13.0 Å². The average Bonchev–Trinajstić information content (AvgIpc) is 2.39. The van der Waals surface area contributed by atoms with Crippen molar-refractivity contribution in [3.63, 3.8) is 0 Å². The molecule has 0 spiro atoms. The van der Waals surface area contributed by atoms with E-state index in [0.29, 0.717) is 25.2 Å². The van der Waals surface area contributed by atoms with Crippen LogP contribution in [0.3, 0.4) is 0 Å². The first-order chi connectivity index (χ1) is 8.55. The highest BCUT2D eigenvalue weighted by molar-refractivity contribution is 7.89. The minimum absolute atomic E-state index is 0. The van der Waals surface area contributed by atoms with E-state index in [0.717, 1.165) is 0 Å². The number of piperazine rings is 1. The Morgan fingerprint density at radius 1 is 1.37 bits per heavy atom. The first-order valence-electron chi connectivity index (χ1n) is 5.78. The van der Waals surface area contributed by atoms with Crippen molar-refractivity contribution in [3.05, 3.63) is 29.8 Å². The molecule has 5 nitrogen and oxygen atoms in total. The number of nitrogens with zero attached hydrogens (tertiary/aromatic N) is 2. The fourth-order valence-electron chi connectivity index (χ4n) is 2.02. The van der Waals surface area contributed by atoms with Gasteiger partial charge in [-0.3, -0.25) is 0 Å². The highest BCUT2D eigenvalue weighted by Crippen LogP contribution is 2.19. The second kappa shape index (κ2) is 6.35. The van der Waals surface area contributed by atoms with Gasteiger partial charge in [0, 0.05) is 25.7 Å². The van der Waals surface area contributed by atoms with Crippen LogP contribution in [0.1, 0.15) is 12.5 Å². The van der Waals surface area contributed by atoms with E-state index in [-0.39, 0.29) is 23.3 Å². The second-order valence-electron chi connectivity index (χ2n) is 4.31. The maximum Gasteiger partial charge on any atom is 0.243 e. The molecule has 0 bridgehead atoms. The summed E-state index contributed by atoms with van der Waals surface area (Å²) in [5.41, 5.74) is 0.460. The highest BCUT2D eigenvalue weighted by atomic mass is 35.5. The number of hydrogen-bond acceptors (Lipinski definition) is 4. The molecule has 1 aromatic rings. The second-order valence-corrected chi connectivity index (χ2v) is 6.20. The molecule has 1 N–H and O–H groups in total. The normalized spacial score (nSPS) is 20.3. The van der Waals surface area contributed by atoms with Crippen molar-refractivity contribution in [2.45, 2.75) is 17.9 Å². The summed E-state index contributed by atoms with van der Waals surface area (Å²) in [6.07, 6.45) is 0. The number of nitriles is 1. The first-order valence-corrected chi connectivity index (χ1v) is 7.22. The predicted molar refractivity (Wildman–Crippen MR) is 74.6 cm³/mol. The van der Waals surface area contributed by atoms with Gasteiger partial charge in [0.15, 0.2) is 0 Å². The zero-order valence-corrected chi connectivity index (χ0v) is 12.2. The van der Waals surface area contributed by atoms with Gasteiger partial charge in [-0.2, -0.15) is 9.57 Å².